The molecule has 0 aliphatic heterocycles. The first kappa shape index (κ1) is 12.5. The molecule has 0 unspecified atom stereocenters. The van der Waals surface area contributed by atoms with Gasteiger partial charge in [-0.05, 0) is 18.1 Å². The SMILES string of the molecule is CCCc1ccc(C#N)c(C(F)(F)F)c1F. The van der Waals surface area contributed by atoms with Gasteiger partial charge in [0.1, 0.15) is 11.4 Å². The van der Waals surface area contributed by atoms with Crippen LogP contribution in [0.25, 0.3) is 0 Å². The Kier molecular flexibility index (Phi) is 3.53. The third kappa shape index (κ3) is 2.32. The van der Waals surface area contributed by atoms with E-state index < -0.39 is 23.1 Å². The maximum Gasteiger partial charge on any atom is 0.420 e. The van der Waals surface area contributed by atoms with E-state index in [9.17, 15) is 17.6 Å². The third-order valence-electron chi connectivity index (χ3n) is 2.15. The highest BCUT2D eigenvalue weighted by Gasteiger charge is 2.37. The average molecular weight is 231 g/mol. The summed E-state index contributed by atoms with van der Waals surface area (Å²) in [5.41, 5.74) is -2.14. The van der Waals surface area contributed by atoms with Crippen molar-refractivity contribution >= 4 is 0 Å². The van der Waals surface area contributed by atoms with Crippen LogP contribution < -0.4 is 0 Å². The summed E-state index contributed by atoms with van der Waals surface area (Å²) in [6, 6.07) is 3.59. The predicted octanol–water partition coefficient (Wildman–Crippen LogP) is 3.67. The Morgan fingerprint density at radius 3 is 2.38 bits per heavy atom. The van der Waals surface area contributed by atoms with Crippen molar-refractivity contribution in [3.8, 4) is 6.07 Å². The molecule has 0 N–H and O–H groups in total. The molecule has 0 amide bonds. The fourth-order valence-electron chi connectivity index (χ4n) is 1.45. The molecule has 0 saturated heterocycles. The highest BCUT2D eigenvalue weighted by molar-refractivity contribution is 5.43. The number of nitriles is 1. The molecule has 0 spiro atoms. The van der Waals surface area contributed by atoms with E-state index >= 15 is 0 Å². The van der Waals surface area contributed by atoms with Gasteiger partial charge >= 0.3 is 6.18 Å². The second-order valence-electron chi connectivity index (χ2n) is 3.32. The van der Waals surface area contributed by atoms with Gasteiger partial charge in [-0.2, -0.15) is 18.4 Å². The molecule has 0 atom stereocenters. The average Bonchev–Trinajstić information content (AvgIpc) is 2.19. The molecule has 0 aliphatic carbocycles. The van der Waals surface area contributed by atoms with Gasteiger partial charge in [0, 0.05) is 0 Å². The van der Waals surface area contributed by atoms with Crippen molar-refractivity contribution in [3.63, 3.8) is 0 Å². The van der Waals surface area contributed by atoms with Crippen LogP contribution in [0.5, 0.6) is 0 Å². The summed E-state index contributed by atoms with van der Waals surface area (Å²) in [5, 5.41) is 8.51. The smallest absolute Gasteiger partial charge is 0.206 e. The quantitative estimate of drug-likeness (QED) is 0.712. The molecule has 16 heavy (non-hydrogen) atoms. The number of hydrogen-bond donors (Lipinski definition) is 0. The van der Waals surface area contributed by atoms with Crippen molar-refractivity contribution in [3.05, 3.63) is 34.6 Å². The zero-order chi connectivity index (χ0) is 12.3. The Morgan fingerprint density at radius 2 is 1.94 bits per heavy atom. The molecule has 86 valence electrons. The monoisotopic (exact) mass is 231 g/mol. The number of aryl methyl sites for hydroxylation is 1. The molecule has 1 aromatic carbocycles. The summed E-state index contributed by atoms with van der Waals surface area (Å²) in [6.45, 7) is 1.74. The Bertz CT molecular complexity index is 429. The van der Waals surface area contributed by atoms with Crippen molar-refractivity contribution in [2.75, 3.05) is 0 Å². The van der Waals surface area contributed by atoms with Crippen LogP contribution in [-0.4, -0.2) is 0 Å². The molecule has 1 rings (SSSR count). The molecule has 0 saturated carbocycles. The van der Waals surface area contributed by atoms with E-state index in [1.807, 2.05) is 0 Å². The molecular weight excluding hydrogens is 222 g/mol. The maximum atomic E-state index is 13.5. The standard InChI is InChI=1S/C11H9F4N/c1-2-3-7-4-5-8(6-16)9(10(7)12)11(13,14)15/h4-5H,2-3H2,1H3. The highest BCUT2D eigenvalue weighted by atomic mass is 19.4. The summed E-state index contributed by atoms with van der Waals surface area (Å²) in [7, 11) is 0. The van der Waals surface area contributed by atoms with E-state index in [2.05, 4.69) is 0 Å². The second-order valence-corrected chi connectivity index (χ2v) is 3.32. The van der Waals surface area contributed by atoms with E-state index in [4.69, 9.17) is 5.26 Å². The Balaban J connectivity index is 3.42. The van der Waals surface area contributed by atoms with E-state index in [1.165, 1.54) is 12.1 Å². The number of rotatable bonds is 2. The van der Waals surface area contributed by atoms with Crippen LogP contribution in [-0.2, 0) is 12.6 Å². The number of halogens is 4. The summed E-state index contributed by atoms with van der Waals surface area (Å²) in [4.78, 5) is 0. The van der Waals surface area contributed by atoms with Crippen molar-refractivity contribution in [2.45, 2.75) is 25.9 Å². The minimum atomic E-state index is -4.83. The van der Waals surface area contributed by atoms with Crippen LogP contribution in [0.15, 0.2) is 12.1 Å². The molecule has 5 heteroatoms. The fourth-order valence-corrected chi connectivity index (χ4v) is 1.45. The van der Waals surface area contributed by atoms with Gasteiger partial charge in [0.2, 0.25) is 0 Å². The molecule has 1 nitrogen and oxygen atoms in total. The third-order valence-corrected chi connectivity index (χ3v) is 2.15. The van der Waals surface area contributed by atoms with Crippen molar-refractivity contribution in [1.82, 2.24) is 0 Å². The second kappa shape index (κ2) is 4.52. The zero-order valence-electron chi connectivity index (χ0n) is 8.53. The summed E-state index contributed by atoms with van der Waals surface area (Å²) >= 11 is 0. The highest BCUT2D eigenvalue weighted by Crippen LogP contribution is 2.35. The summed E-state index contributed by atoms with van der Waals surface area (Å²) in [6.07, 6.45) is -4.07. The predicted molar refractivity (Wildman–Crippen MR) is 50.1 cm³/mol. The molecule has 1 aromatic rings. The van der Waals surface area contributed by atoms with Crippen LogP contribution in [0, 0.1) is 17.1 Å². The lowest BCUT2D eigenvalue weighted by Crippen LogP contribution is -2.12. The van der Waals surface area contributed by atoms with Crippen LogP contribution in [0.1, 0.15) is 30.0 Å². The van der Waals surface area contributed by atoms with Crippen LogP contribution in [0.2, 0.25) is 0 Å². The maximum absolute atomic E-state index is 13.5. The van der Waals surface area contributed by atoms with Gasteiger partial charge in [-0.3, -0.25) is 0 Å². The molecule has 0 heterocycles. The molecule has 0 bridgehead atoms. The lowest BCUT2D eigenvalue weighted by molar-refractivity contribution is -0.140. The van der Waals surface area contributed by atoms with E-state index in [-0.39, 0.29) is 12.0 Å². The molecule has 0 aliphatic rings. The van der Waals surface area contributed by atoms with Gasteiger partial charge in [-0.1, -0.05) is 19.4 Å². The van der Waals surface area contributed by atoms with E-state index in [1.54, 1.807) is 6.92 Å². The summed E-state index contributed by atoms with van der Waals surface area (Å²) in [5.74, 6) is -1.33. The minimum absolute atomic E-state index is 0.00572. The molecule has 0 fully saturated rings. The summed E-state index contributed by atoms with van der Waals surface area (Å²) < 4.78 is 51.1. The van der Waals surface area contributed by atoms with Crippen molar-refractivity contribution in [2.24, 2.45) is 0 Å². The lowest BCUT2D eigenvalue weighted by atomic mass is 10.0. The Morgan fingerprint density at radius 1 is 1.31 bits per heavy atom. The van der Waals surface area contributed by atoms with Gasteiger partial charge in [-0.25, -0.2) is 4.39 Å². The van der Waals surface area contributed by atoms with Crippen LogP contribution in [0.4, 0.5) is 17.6 Å². The molecule has 0 radical (unpaired) electrons. The first-order chi connectivity index (χ1) is 7.41. The van der Waals surface area contributed by atoms with Crippen molar-refractivity contribution in [1.29, 1.82) is 5.26 Å². The van der Waals surface area contributed by atoms with Gasteiger partial charge in [-0.15, -0.1) is 0 Å². The first-order valence-corrected chi connectivity index (χ1v) is 4.70. The first-order valence-electron chi connectivity index (χ1n) is 4.70. The number of hydrogen-bond acceptors (Lipinski definition) is 1. The largest absolute Gasteiger partial charge is 0.420 e. The topological polar surface area (TPSA) is 23.8 Å². The number of nitrogens with zero attached hydrogens (tertiary/aromatic N) is 1. The number of benzene rings is 1. The minimum Gasteiger partial charge on any atom is -0.206 e. The lowest BCUT2D eigenvalue weighted by Gasteiger charge is -2.12. The van der Waals surface area contributed by atoms with Crippen molar-refractivity contribution < 1.29 is 17.6 Å². The van der Waals surface area contributed by atoms with Gasteiger partial charge in [0.15, 0.2) is 0 Å². The van der Waals surface area contributed by atoms with E-state index in [0.717, 1.165) is 6.07 Å². The van der Waals surface area contributed by atoms with Gasteiger partial charge in [0.05, 0.1) is 11.6 Å². The van der Waals surface area contributed by atoms with E-state index in [0.29, 0.717) is 6.42 Å². The fraction of sp³-hybridized carbons (Fsp3) is 0.364. The number of alkyl halides is 3. The molecule has 0 aromatic heterocycles. The zero-order valence-corrected chi connectivity index (χ0v) is 8.53. The van der Waals surface area contributed by atoms with Crippen LogP contribution in [0.3, 0.4) is 0 Å². The van der Waals surface area contributed by atoms with Gasteiger partial charge in [0.25, 0.3) is 0 Å². The Hall–Kier alpha value is -1.57. The normalized spacial score (nSPS) is 11.2. The Labute approximate surface area is 90.3 Å². The van der Waals surface area contributed by atoms with Gasteiger partial charge < -0.3 is 0 Å². The molecular formula is C11H9F4N. The van der Waals surface area contributed by atoms with Crippen LogP contribution >= 0.6 is 0 Å².